The highest BCUT2D eigenvalue weighted by Gasteiger charge is 2.29. The number of hydrogen-bond donors (Lipinski definition) is 1. The molecular formula is C14H19FN2O2. The van der Waals surface area contributed by atoms with Crippen LogP contribution in [0.3, 0.4) is 0 Å². The lowest BCUT2D eigenvalue weighted by molar-refractivity contribution is -0.128. The van der Waals surface area contributed by atoms with Crippen molar-refractivity contribution in [1.82, 2.24) is 9.80 Å². The van der Waals surface area contributed by atoms with Crippen molar-refractivity contribution in [2.24, 2.45) is 0 Å². The van der Waals surface area contributed by atoms with Gasteiger partial charge in [-0.1, -0.05) is 0 Å². The van der Waals surface area contributed by atoms with Gasteiger partial charge in [-0.15, -0.1) is 0 Å². The van der Waals surface area contributed by atoms with Crippen LogP contribution in [0, 0.1) is 12.7 Å². The predicted octanol–water partition coefficient (Wildman–Crippen LogP) is 1.85. The first kappa shape index (κ1) is 13.8. The zero-order valence-electron chi connectivity index (χ0n) is 11.5. The third-order valence-corrected chi connectivity index (χ3v) is 3.41. The largest absolute Gasteiger partial charge is 0.508 e. The molecule has 1 amide bonds. The first-order valence-electron chi connectivity index (χ1n) is 6.38. The molecule has 0 aliphatic carbocycles. The van der Waals surface area contributed by atoms with E-state index in [-0.39, 0.29) is 17.7 Å². The molecule has 0 saturated carbocycles. The second-order valence-electron chi connectivity index (χ2n) is 5.32. The molecule has 0 spiro atoms. The van der Waals surface area contributed by atoms with Gasteiger partial charge in [0.2, 0.25) is 5.91 Å². The normalized spacial score (nSPS) is 16.7. The van der Waals surface area contributed by atoms with E-state index >= 15 is 0 Å². The van der Waals surface area contributed by atoms with Gasteiger partial charge in [-0.25, -0.2) is 4.39 Å². The number of aromatic hydroxyl groups is 1. The number of carbonyl (C=O) groups is 1. The number of rotatable bonds is 3. The predicted molar refractivity (Wildman–Crippen MR) is 70.1 cm³/mol. The van der Waals surface area contributed by atoms with E-state index in [1.807, 2.05) is 18.7 Å². The summed E-state index contributed by atoms with van der Waals surface area (Å²) in [6, 6.07) is 2.93. The molecule has 1 aliphatic heterocycles. The fourth-order valence-corrected chi connectivity index (χ4v) is 2.28. The van der Waals surface area contributed by atoms with Crippen LogP contribution < -0.4 is 0 Å². The Labute approximate surface area is 112 Å². The Morgan fingerprint density at radius 3 is 2.68 bits per heavy atom. The summed E-state index contributed by atoms with van der Waals surface area (Å²) in [6.07, 6.45) is 0. The van der Waals surface area contributed by atoms with Crippen LogP contribution in [0.15, 0.2) is 12.1 Å². The Hall–Kier alpha value is -1.62. The van der Waals surface area contributed by atoms with Crippen molar-refractivity contribution in [3.05, 3.63) is 29.1 Å². The molecule has 1 aliphatic rings. The van der Waals surface area contributed by atoms with Gasteiger partial charge in [0.15, 0.2) is 0 Å². The molecular weight excluding hydrogens is 247 g/mol. The average molecular weight is 266 g/mol. The van der Waals surface area contributed by atoms with Gasteiger partial charge in [0.05, 0.1) is 13.2 Å². The molecule has 0 bridgehead atoms. The van der Waals surface area contributed by atoms with Crippen LogP contribution >= 0.6 is 0 Å². The second kappa shape index (κ2) is 5.17. The van der Waals surface area contributed by atoms with E-state index in [4.69, 9.17) is 0 Å². The Bertz CT molecular complexity index is 502. The van der Waals surface area contributed by atoms with Gasteiger partial charge in [0.25, 0.3) is 0 Å². The third kappa shape index (κ3) is 2.87. The van der Waals surface area contributed by atoms with Gasteiger partial charge in [0.1, 0.15) is 11.6 Å². The SMILES string of the molecule is Cc1cc(CN2CC(=O)N(C(C)C)C2)c(O)cc1F. The van der Waals surface area contributed by atoms with Crippen molar-refractivity contribution in [2.75, 3.05) is 13.2 Å². The zero-order chi connectivity index (χ0) is 14.2. The summed E-state index contributed by atoms with van der Waals surface area (Å²) in [5.41, 5.74) is 1.15. The van der Waals surface area contributed by atoms with Crippen molar-refractivity contribution in [3.8, 4) is 5.75 Å². The monoisotopic (exact) mass is 266 g/mol. The van der Waals surface area contributed by atoms with E-state index < -0.39 is 5.82 Å². The molecule has 0 radical (unpaired) electrons. The van der Waals surface area contributed by atoms with E-state index in [1.165, 1.54) is 0 Å². The lowest BCUT2D eigenvalue weighted by Crippen LogP contribution is -2.33. The van der Waals surface area contributed by atoms with Crippen LogP contribution in [-0.2, 0) is 11.3 Å². The number of phenolic OH excluding ortho intramolecular Hbond substituents is 1. The summed E-state index contributed by atoms with van der Waals surface area (Å²) in [7, 11) is 0. The molecule has 4 nitrogen and oxygen atoms in total. The smallest absolute Gasteiger partial charge is 0.238 e. The zero-order valence-corrected chi connectivity index (χ0v) is 11.5. The Morgan fingerprint density at radius 1 is 1.42 bits per heavy atom. The Morgan fingerprint density at radius 2 is 2.11 bits per heavy atom. The quantitative estimate of drug-likeness (QED) is 0.908. The number of halogens is 1. The van der Waals surface area contributed by atoms with Crippen LogP contribution in [-0.4, -0.2) is 40.1 Å². The lowest BCUT2D eigenvalue weighted by atomic mass is 10.1. The number of nitrogens with zero attached hydrogens (tertiary/aromatic N) is 2. The standard InChI is InChI=1S/C14H19FN2O2/c1-9(2)17-8-16(7-14(17)19)6-11-4-10(3)12(15)5-13(11)18/h4-5,9,18H,6-8H2,1-3H3. The molecule has 2 rings (SSSR count). The number of benzene rings is 1. The first-order chi connectivity index (χ1) is 8.88. The summed E-state index contributed by atoms with van der Waals surface area (Å²) >= 11 is 0. The van der Waals surface area contributed by atoms with Gasteiger partial charge in [-0.05, 0) is 32.4 Å². The summed E-state index contributed by atoms with van der Waals surface area (Å²) in [6.45, 7) is 6.94. The van der Waals surface area contributed by atoms with Crippen LogP contribution in [0.5, 0.6) is 5.75 Å². The highest BCUT2D eigenvalue weighted by atomic mass is 19.1. The molecule has 0 unspecified atom stereocenters. The molecule has 1 N–H and O–H groups in total. The molecule has 1 fully saturated rings. The molecule has 0 aromatic heterocycles. The van der Waals surface area contributed by atoms with E-state index in [0.29, 0.717) is 30.9 Å². The fourth-order valence-electron chi connectivity index (χ4n) is 2.28. The van der Waals surface area contributed by atoms with Crippen LogP contribution in [0.25, 0.3) is 0 Å². The maximum Gasteiger partial charge on any atom is 0.238 e. The molecule has 1 aromatic rings. The molecule has 5 heteroatoms. The topological polar surface area (TPSA) is 43.8 Å². The molecule has 19 heavy (non-hydrogen) atoms. The number of aryl methyl sites for hydroxylation is 1. The van der Waals surface area contributed by atoms with Gasteiger partial charge >= 0.3 is 0 Å². The summed E-state index contributed by atoms with van der Waals surface area (Å²) in [5.74, 6) is -0.380. The van der Waals surface area contributed by atoms with Gasteiger partial charge in [-0.3, -0.25) is 9.69 Å². The van der Waals surface area contributed by atoms with Crippen molar-refractivity contribution in [1.29, 1.82) is 0 Å². The molecule has 1 saturated heterocycles. The van der Waals surface area contributed by atoms with Crippen molar-refractivity contribution >= 4 is 5.91 Å². The average Bonchev–Trinajstić information content (AvgIpc) is 2.67. The van der Waals surface area contributed by atoms with Crippen molar-refractivity contribution in [2.45, 2.75) is 33.4 Å². The fraction of sp³-hybridized carbons (Fsp3) is 0.500. The molecule has 104 valence electrons. The Balaban J connectivity index is 2.11. The minimum Gasteiger partial charge on any atom is -0.508 e. The third-order valence-electron chi connectivity index (χ3n) is 3.41. The van der Waals surface area contributed by atoms with Crippen LogP contribution in [0.1, 0.15) is 25.0 Å². The van der Waals surface area contributed by atoms with E-state index in [0.717, 1.165) is 6.07 Å². The van der Waals surface area contributed by atoms with Crippen molar-refractivity contribution < 1.29 is 14.3 Å². The second-order valence-corrected chi connectivity index (χ2v) is 5.32. The number of amides is 1. The number of hydrogen-bond acceptors (Lipinski definition) is 3. The maximum absolute atomic E-state index is 13.3. The van der Waals surface area contributed by atoms with E-state index in [2.05, 4.69) is 0 Å². The number of phenols is 1. The van der Waals surface area contributed by atoms with Gasteiger partial charge in [-0.2, -0.15) is 0 Å². The van der Waals surface area contributed by atoms with E-state index in [1.54, 1.807) is 17.9 Å². The maximum atomic E-state index is 13.3. The minimum atomic E-state index is -0.414. The summed E-state index contributed by atoms with van der Waals surface area (Å²) in [4.78, 5) is 15.5. The molecule has 0 atom stereocenters. The summed E-state index contributed by atoms with van der Waals surface area (Å²) < 4.78 is 13.3. The van der Waals surface area contributed by atoms with Gasteiger partial charge < -0.3 is 10.0 Å². The first-order valence-corrected chi connectivity index (χ1v) is 6.38. The molecule has 1 heterocycles. The van der Waals surface area contributed by atoms with Crippen LogP contribution in [0.2, 0.25) is 0 Å². The van der Waals surface area contributed by atoms with Gasteiger partial charge in [0, 0.05) is 24.2 Å². The van der Waals surface area contributed by atoms with Crippen LogP contribution in [0.4, 0.5) is 4.39 Å². The highest BCUT2D eigenvalue weighted by Crippen LogP contribution is 2.24. The van der Waals surface area contributed by atoms with Crippen molar-refractivity contribution in [3.63, 3.8) is 0 Å². The lowest BCUT2D eigenvalue weighted by Gasteiger charge is -2.21. The number of carbonyl (C=O) groups excluding carboxylic acids is 1. The Kier molecular flexibility index (Phi) is 3.75. The molecule has 1 aromatic carbocycles. The minimum absolute atomic E-state index is 0.0569. The summed E-state index contributed by atoms with van der Waals surface area (Å²) in [5, 5.41) is 9.75. The van der Waals surface area contributed by atoms with E-state index in [9.17, 15) is 14.3 Å². The highest BCUT2D eigenvalue weighted by molar-refractivity contribution is 5.80.